The Kier molecular flexibility index (Phi) is 4.28. The van der Waals surface area contributed by atoms with Gasteiger partial charge < -0.3 is 0 Å². The summed E-state index contributed by atoms with van der Waals surface area (Å²) in [6, 6.07) is 0. The zero-order valence-electron chi connectivity index (χ0n) is 11.3. The molecule has 4 heteroatoms. The van der Waals surface area contributed by atoms with Crippen molar-refractivity contribution in [3.63, 3.8) is 0 Å². The molecule has 1 fully saturated rings. The Morgan fingerprint density at radius 1 is 1.33 bits per heavy atom. The molecule has 1 heterocycles. The van der Waals surface area contributed by atoms with Crippen molar-refractivity contribution in [3.05, 3.63) is 23.8 Å². The van der Waals surface area contributed by atoms with Gasteiger partial charge in [-0.3, -0.25) is 0 Å². The van der Waals surface area contributed by atoms with Crippen LogP contribution in [0.5, 0.6) is 0 Å². The van der Waals surface area contributed by atoms with Crippen molar-refractivity contribution in [2.75, 3.05) is 18.8 Å². The lowest BCUT2D eigenvalue weighted by Gasteiger charge is -2.30. The molecule has 0 N–H and O–H groups in total. The lowest BCUT2D eigenvalue weighted by Crippen LogP contribution is -2.39. The third kappa shape index (κ3) is 3.23. The van der Waals surface area contributed by atoms with E-state index in [0.717, 1.165) is 18.4 Å². The second-order valence-corrected chi connectivity index (χ2v) is 7.44. The normalized spacial score (nSPS) is 26.6. The van der Waals surface area contributed by atoms with Gasteiger partial charge in [0.2, 0.25) is 10.0 Å². The molecule has 1 aliphatic carbocycles. The first kappa shape index (κ1) is 13.8. The minimum Gasteiger partial charge on any atom is -0.212 e. The third-order valence-corrected chi connectivity index (χ3v) is 5.83. The fourth-order valence-electron chi connectivity index (χ4n) is 2.72. The van der Waals surface area contributed by atoms with Gasteiger partial charge in [-0.2, -0.15) is 0 Å². The third-order valence-electron chi connectivity index (χ3n) is 3.98. The topological polar surface area (TPSA) is 37.4 Å². The summed E-state index contributed by atoms with van der Waals surface area (Å²) in [7, 11) is -3.11. The molecular weight excluding hydrogens is 246 g/mol. The Balaban J connectivity index is 1.96. The van der Waals surface area contributed by atoms with Crippen LogP contribution < -0.4 is 0 Å². The SMILES string of the molecule is CCC1CCN(S(=O)(=O)CC2=CC(C)C=C2)CC1. The summed E-state index contributed by atoms with van der Waals surface area (Å²) in [6.45, 7) is 5.66. The van der Waals surface area contributed by atoms with E-state index >= 15 is 0 Å². The van der Waals surface area contributed by atoms with Gasteiger partial charge in [-0.1, -0.05) is 38.5 Å². The molecule has 3 nitrogen and oxygen atoms in total. The molecule has 0 aromatic heterocycles. The maximum atomic E-state index is 12.3. The number of hydrogen-bond acceptors (Lipinski definition) is 2. The number of sulfonamides is 1. The maximum Gasteiger partial charge on any atom is 0.218 e. The average Bonchev–Trinajstić information content (AvgIpc) is 2.74. The highest BCUT2D eigenvalue weighted by Crippen LogP contribution is 2.24. The quantitative estimate of drug-likeness (QED) is 0.786. The van der Waals surface area contributed by atoms with Gasteiger partial charge in [-0.15, -0.1) is 0 Å². The molecule has 0 spiro atoms. The molecule has 0 saturated carbocycles. The van der Waals surface area contributed by atoms with Crippen LogP contribution in [0.4, 0.5) is 0 Å². The highest BCUT2D eigenvalue weighted by atomic mass is 32.2. The predicted octanol–water partition coefficient (Wildman–Crippen LogP) is 2.57. The second kappa shape index (κ2) is 5.57. The highest BCUT2D eigenvalue weighted by molar-refractivity contribution is 7.89. The van der Waals surface area contributed by atoms with Gasteiger partial charge in [0.15, 0.2) is 0 Å². The Hall–Kier alpha value is -0.610. The van der Waals surface area contributed by atoms with Gasteiger partial charge >= 0.3 is 0 Å². The zero-order chi connectivity index (χ0) is 13.2. The van der Waals surface area contributed by atoms with Crippen molar-refractivity contribution in [2.45, 2.75) is 33.1 Å². The van der Waals surface area contributed by atoms with Crippen LogP contribution >= 0.6 is 0 Å². The number of hydrogen-bond donors (Lipinski definition) is 0. The minimum atomic E-state index is -3.11. The van der Waals surface area contributed by atoms with Crippen LogP contribution in [0.15, 0.2) is 23.8 Å². The Morgan fingerprint density at radius 2 is 2.00 bits per heavy atom. The van der Waals surface area contributed by atoms with Gasteiger partial charge in [0.05, 0.1) is 5.75 Å². The van der Waals surface area contributed by atoms with Gasteiger partial charge in [0, 0.05) is 13.1 Å². The smallest absolute Gasteiger partial charge is 0.212 e. The highest BCUT2D eigenvalue weighted by Gasteiger charge is 2.28. The number of piperidine rings is 1. The average molecular weight is 269 g/mol. The summed E-state index contributed by atoms with van der Waals surface area (Å²) >= 11 is 0. The summed E-state index contributed by atoms with van der Waals surface area (Å²) in [5.74, 6) is 1.26. The second-order valence-electron chi connectivity index (χ2n) is 5.47. The fraction of sp³-hybridized carbons (Fsp3) is 0.714. The first-order valence-corrected chi connectivity index (χ1v) is 8.49. The van der Waals surface area contributed by atoms with Crippen LogP contribution in [0.2, 0.25) is 0 Å². The van der Waals surface area contributed by atoms with Crippen LogP contribution in [0.1, 0.15) is 33.1 Å². The monoisotopic (exact) mass is 269 g/mol. The van der Waals surface area contributed by atoms with Crippen LogP contribution in [-0.4, -0.2) is 31.6 Å². The van der Waals surface area contributed by atoms with Gasteiger partial charge in [-0.25, -0.2) is 12.7 Å². The molecule has 2 aliphatic rings. The summed E-state index contributed by atoms with van der Waals surface area (Å²) in [5, 5.41) is 0. The molecule has 1 unspecified atom stereocenters. The first-order chi connectivity index (χ1) is 8.51. The Labute approximate surface area is 111 Å². The van der Waals surface area contributed by atoms with Crippen LogP contribution in [0.3, 0.4) is 0 Å². The standard InChI is InChI=1S/C14H23NO2S/c1-3-13-6-8-15(9-7-13)18(16,17)11-14-5-4-12(2)10-14/h4-5,10,12-13H,3,6-9,11H2,1-2H3. The lowest BCUT2D eigenvalue weighted by atomic mass is 9.96. The van der Waals surface area contributed by atoms with Crippen LogP contribution in [0, 0.1) is 11.8 Å². The van der Waals surface area contributed by atoms with Crippen molar-refractivity contribution in [1.29, 1.82) is 0 Å². The van der Waals surface area contributed by atoms with E-state index in [1.807, 2.05) is 18.2 Å². The number of nitrogens with zero attached hydrogens (tertiary/aromatic N) is 1. The molecule has 0 radical (unpaired) electrons. The lowest BCUT2D eigenvalue weighted by molar-refractivity contribution is 0.269. The van der Waals surface area contributed by atoms with E-state index in [9.17, 15) is 8.42 Å². The van der Waals surface area contributed by atoms with Crippen molar-refractivity contribution in [3.8, 4) is 0 Å². The van der Waals surface area contributed by atoms with Gasteiger partial charge in [0.1, 0.15) is 0 Å². The number of allylic oxidation sites excluding steroid dienone is 3. The van der Waals surface area contributed by atoms with E-state index in [1.54, 1.807) is 4.31 Å². The van der Waals surface area contributed by atoms with E-state index in [4.69, 9.17) is 0 Å². The Morgan fingerprint density at radius 3 is 2.50 bits per heavy atom. The molecule has 18 heavy (non-hydrogen) atoms. The molecule has 0 amide bonds. The summed E-state index contributed by atoms with van der Waals surface area (Å²) in [6.07, 6.45) is 9.23. The van der Waals surface area contributed by atoms with Gasteiger partial charge in [-0.05, 0) is 30.3 Å². The van der Waals surface area contributed by atoms with E-state index < -0.39 is 10.0 Å². The van der Waals surface area contributed by atoms with Crippen molar-refractivity contribution < 1.29 is 8.42 Å². The van der Waals surface area contributed by atoms with E-state index in [0.29, 0.717) is 24.9 Å². The van der Waals surface area contributed by atoms with E-state index in [-0.39, 0.29) is 5.75 Å². The molecule has 1 aliphatic heterocycles. The maximum absolute atomic E-state index is 12.3. The van der Waals surface area contributed by atoms with Crippen LogP contribution in [0.25, 0.3) is 0 Å². The van der Waals surface area contributed by atoms with E-state index in [2.05, 4.69) is 13.8 Å². The van der Waals surface area contributed by atoms with Crippen molar-refractivity contribution in [1.82, 2.24) is 4.31 Å². The fourth-order valence-corrected chi connectivity index (χ4v) is 4.28. The molecule has 1 saturated heterocycles. The summed E-state index contributed by atoms with van der Waals surface area (Å²) in [5.41, 5.74) is 0.945. The molecule has 102 valence electrons. The molecule has 0 aromatic carbocycles. The molecule has 0 aromatic rings. The summed E-state index contributed by atoms with van der Waals surface area (Å²) in [4.78, 5) is 0. The van der Waals surface area contributed by atoms with Crippen molar-refractivity contribution >= 4 is 10.0 Å². The minimum absolute atomic E-state index is 0.171. The summed E-state index contributed by atoms with van der Waals surface area (Å²) < 4.78 is 26.3. The van der Waals surface area contributed by atoms with E-state index in [1.165, 1.54) is 6.42 Å². The largest absolute Gasteiger partial charge is 0.218 e. The Bertz CT molecular complexity index is 442. The van der Waals surface area contributed by atoms with Crippen molar-refractivity contribution in [2.24, 2.45) is 11.8 Å². The first-order valence-electron chi connectivity index (χ1n) is 6.88. The number of rotatable bonds is 4. The molecule has 2 rings (SSSR count). The van der Waals surface area contributed by atoms with Crippen LogP contribution in [-0.2, 0) is 10.0 Å². The molecule has 1 atom stereocenters. The predicted molar refractivity (Wildman–Crippen MR) is 74.8 cm³/mol. The molecular formula is C14H23NO2S. The zero-order valence-corrected chi connectivity index (χ0v) is 12.1. The molecule has 0 bridgehead atoms. The van der Waals surface area contributed by atoms with Gasteiger partial charge in [0.25, 0.3) is 0 Å².